The van der Waals surface area contributed by atoms with Crippen molar-refractivity contribution in [1.29, 1.82) is 0 Å². The lowest BCUT2D eigenvalue weighted by Crippen LogP contribution is -2.25. The maximum Gasteiger partial charge on any atom is 0.466 e. The van der Waals surface area contributed by atoms with E-state index in [4.69, 9.17) is 30.1 Å². The highest BCUT2D eigenvalue weighted by molar-refractivity contribution is 7.45. The van der Waals surface area contributed by atoms with E-state index in [0.29, 0.717) is 0 Å². The Bertz CT molecular complexity index is 153. The molecule has 68 valence electrons. The van der Waals surface area contributed by atoms with Crippen molar-refractivity contribution >= 4 is 13.8 Å². The summed E-state index contributed by atoms with van der Waals surface area (Å²) in [5, 5.41) is 7.87. The molecule has 0 aromatic heterocycles. The summed E-state index contributed by atoms with van der Waals surface area (Å²) >= 11 is 0. The number of hydrogen-bond acceptors (Lipinski definition) is 3. The van der Waals surface area contributed by atoms with Gasteiger partial charge in [-0.25, -0.2) is 4.57 Å². The zero-order valence-corrected chi connectivity index (χ0v) is 6.60. The summed E-state index contributed by atoms with van der Waals surface area (Å²) in [6, 6.07) is -0.731. The number of hydrogen-bond donors (Lipinski definition) is 5. The van der Waals surface area contributed by atoms with Crippen LogP contribution in [0.15, 0.2) is 0 Å². The Balaban J connectivity index is 0. The molecule has 0 saturated heterocycles. The highest BCUT2D eigenvalue weighted by Crippen LogP contribution is 2.25. The molecule has 0 bridgehead atoms. The van der Waals surface area contributed by atoms with Crippen LogP contribution in [0.2, 0.25) is 0 Å². The van der Waals surface area contributed by atoms with Gasteiger partial charge in [-0.15, -0.1) is 0 Å². The predicted octanol–water partition coefficient (Wildman–Crippen LogP) is -1.51. The molecule has 1 atom stereocenters. The zero-order valence-electron chi connectivity index (χ0n) is 5.71. The van der Waals surface area contributed by atoms with E-state index in [1.807, 2.05) is 0 Å². The first-order valence-corrected chi connectivity index (χ1v) is 3.97. The second kappa shape index (κ2) is 5.22. The third-order valence-electron chi connectivity index (χ3n) is 0.390. The minimum absolute atomic E-state index is 0.731. The van der Waals surface area contributed by atoms with E-state index in [-0.39, 0.29) is 0 Å². The van der Waals surface area contributed by atoms with E-state index in [1.54, 1.807) is 0 Å². The van der Waals surface area contributed by atoms with E-state index >= 15 is 0 Å². The molecule has 0 rings (SSSR count). The quantitative estimate of drug-likeness (QED) is 0.314. The molecule has 6 N–H and O–H groups in total. The third-order valence-corrected chi connectivity index (χ3v) is 0.390. The molecule has 0 aromatic rings. The zero-order chi connectivity index (χ0) is 9.65. The van der Waals surface area contributed by atoms with Gasteiger partial charge < -0.3 is 25.5 Å². The molecule has 0 aromatic carbocycles. The second-order valence-corrected chi connectivity index (χ2v) is 2.67. The van der Waals surface area contributed by atoms with Gasteiger partial charge in [0.25, 0.3) is 0 Å². The standard InChI is InChI=1S/C3H7NO2.H3O4P/c1-2(4)3(5)6;1-5(2,3)4/h2H,4H2,1H3,(H,5,6);(H3,1,2,3,4)/t2-;/m1./s1. The van der Waals surface area contributed by atoms with Gasteiger partial charge in [-0.2, -0.15) is 0 Å². The minimum Gasteiger partial charge on any atom is -0.480 e. The molecule has 0 aliphatic rings. The molecule has 0 amide bonds. The molecule has 0 radical (unpaired) electrons. The third kappa shape index (κ3) is 43.3. The highest BCUT2D eigenvalue weighted by atomic mass is 31.2. The second-order valence-electron chi connectivity index (χ2n) is 1.64. The van der Waals surface area contributed by atoms with Gasteiger partial charge in [0.05, 0.1) is 0 Å². The molecule has 0 heterocycles. The molecule has 0 saturated carbocycles. The van der Waals surface area contributed by atoms with Crippen LogP contribution < -0.4 is 5.73 Å². The number of carbonyl (C=O) groups is 1. The number of carboxylic acids is 1. The Morgan fingerprint density at radius 2 is 1.55 bits per heavy atom. The molecular weight excluding hydrogens is 177 g/mol. The Morgan fingerprint density at radius 1 is 1.45 bits per heavy atom. The van der Waals surface area contributed by atoms with Gasteiger partial charge in [0, 0.05) is 0 Å². The van der Waals surface area contributed by atoms with Crippen molar-refractivity contribution in [3.63, 3.8) is 0 Å². The van der Waals surface area contributed by atoms with Gasteiger partial charge in [-0.3, -0.25) is 4.79 Å². The Kier molecular flexibility index (Phi) is 6.25. The summed E-state index contributed by atoms with van der Waals surface area (Å²) in [6.45, 7) is 1.42. The van der Waals surface area contributed by atoms with Crippen molar-refractivity contribution in [1.82, 2.24) is 0 Å². The number of aliphatic carboxylic acids is 1. The van der Waals surface area contributed by atoms with Crippen LogP contribution in [0.25, 0.3) is 0 Å². The van der Waals surface area contributed by atoms with Crippen molar-refractivity contribution in [2.75, 3.05) is 0 Å². The smallest absolute Gasteiger partial charge is 0.466 e. The van der Waals surface area contributed by atoms with Gasteiger partial charge in [0.1, 0.15) is 6.04 Å². The summed E-state index contributed by atoms with van der Waals surface area (Å²) in [7, 11) is -4.64. The Hall–Kier alpha value is -0.460. The van der Waals surface area contributed by atoms with Crippen molar-refractivity contribution in [2.45, 2.75) is 13.0 Å². The van der Waals surface area contributed by atoms with Gasteiger partial charge in [0.2, 0.25) is 0 Å². The normalized spacial score (nSPS) is 12.8. The first-order valence-electron chi connectivity index (χ1n) is 2.41. The summed E-state index contributed by atoms with van der Waals surface area (Å²) in [6.07, 6.45) is 0. The molecule has 11 heavy (non-hydrogen) atoms. The highest BCUT2D eigenvalue weighted by Gasteiger charge is 2.00. The van der Waals surface area contributed by atoms with Crippen molar-refractivity contribution in [3.05, 3.63) is 0 Å². The van der Waals surface area contributed by atoms with Crippen LogP contribution in [-0.2, 0) is 9.36 Å². The molecule has 0 spiro atoms. The fraction of sp³-hybridized carbons (Fsp3) is 0.667. The lowest BCUT2D eigenvalue weighted by Gasteiger charge is -1.90. The molecular formula is C3H10NO6P. The Morgan fingerprint density at radius 3 is 1.55 bits per heavy atom. The average Bonchev–Trinajstić information content (AvgIpc) is 1.59. The first-order chi connectivity index (χ1) is 4.64. The Labute approximate surface area is 62.7 Å². The number of nitrogens with two attached hydrogens (primary N) is 1. The van der Waals surface area contributed by atoms with E-state index in [2.05, 4.69) is 0 Å². The lowest BCUT2D eigenvalue weighted by atomic mass is 10.4. The van der Waals surface area contributed by atoms with Crippen LogP contribution in [0.4, 0.5) is 0 Å². The van der Waals surface area contributed by atoms with Crippen molar-refractivity contribution in [2.24, 2.45) is 5.73 Å². The summed E-state index contributed by atoms with van der Waals surface area (Å²) < 4.78 is 8.88. The first kappa shape index (κ1) is 13.2. The van der Waals surface area contributed by atoms with Crippen LogP contribution >= 0.6 is 7.82 Å². The number of phosphoric acid groups is 1. The SMILES string of the molecule is C[C@@H](N)C(=O)O.O=P(O)(O)O. The summed E-state index contributed by atoms with van der Waals surface area (Å²) in [5.74, 6) is -0.963. The average molecular weight is 187 g/mol. The van der Waals surface area contributed by atoms with Gasteiger partial charge in [-0.1, -0.05) is 0 Å². The minimum atomic E-state index is -4.64. The lowest BCUT2D eigenvalue weighted by molar-refractivity contribution is -0.138. The monoisotopic (exact) mass is 187 g/mol. The molecule has 0 aliphatic heterocycles. The van der Waals surface area contributed by atoms with E-state index in [0.717, 1.165) is 0 Å². The fourth-order valence-electron chi connectivity index (χ4n) is 0. The van der Waals surface area contributed by atoms with Crippen LogP contribution in [0.3, 0.4) is 0 Å². The predicted molar refractivity (Wildman–Crippen MR) is 35.5 cm³/mol. The molecule has 7 nitrogen and oxygen atoms in total. The van der Waals surface area contributed by atoms with Crippen LogP contribution in [0, 0.1) is 0 Å². The summed E-state index contributed by atoms with van der Waals surface area (Å²) in [5.41, 5.74) is 4.84. The van der Waals surface area contributed by atoms with Crippen LogP contribution in [-0.4, -0.2) is 31.8 Å². The van der Waals surface area contributed by atoms with E-state index < -0.39 is 19.8 Å². The van der Waals surface area contributed by atoms with Gasteiger partial charge in [0.15, 0.2) is 0 Å². The molecule has 0 aliphatic carbocycles. The van der Waals surface area contributed by atoms with E-state index in [9.17, 15) is 4.79 Å². The van der Waals surface area contributed by atoms with Crippen LogP contribution in [0.5, 0.6) is 0 Å². The fourth-order valence-corrected chi connectivity index (χ4v) is 0. The number of carboxylic acid groups (broad SMARTS) is 1. The van der Waals surface area contributed by atoms with Crippen molar-refractivity contribution in [3.8, 4) is 0 Å². The number of rotatable bonds is 1. The van der Waals surface area contributed by atoms with Crippen molar-refractivity contribution < 1.29 is 29.1 Å². The maximum atomic E-state index is 9.57. The van der Waals surface area contributed by atoms with Gasteiger partial charge >= 0.3 is 13.8 Å². The maximum absolute atomic E-state index is 9.57. The summed E-state index contributed by atoms with van der Waals surface area (Å²) in [4.78, 5) is 31.1. The van der Waals surface area contributed by atoms with Crippen LogP contribution in [0.1, 0.15) is 6.92 Å². The largest absolute Gasteiger partial charge is 0.480 e. The molecule has 0 unspecified atom stereocenters. The topological polar surface area (TPSA) is 141 Å². The van der Waals surface area contributed by atoms with Gasteiger partial charge in [-0.05, 0) is 6.92 Å². The van der Waals surface area contributed by atoms with E-state index in [1.165, 1.54) is 6.92 Å². The molecule has 8 heteroatoms. The molecule has 0 fully saturated rings.